The quantitative estimate of drug-likeness (QED) is 0.373. The third-order valence-electron chi connectivity index (χ3n) is 4.68. The van der Waals surface area contributed by atoms with Crippen LogP contribution in [0.5, 0.6) is 0 Å². The van der Waals surface area contributed by atoms with Crippen molar-refractivity contribution in [2.75, 3.05) is 0 Å². The van der Waals surface area contributed by atoms with Crippen molar-refractivity contribution >= 4 is 11.8 Å². The lowest BCUT2D eigenvalue weighted by atomic mass is 10.1. The summed E-state index contributed by atoms with van der Waals surface area (Å²) in [6.45, 7) is 4.16. The van der Waals surface area contributed by atoms with Crippen LogP contribution < -0.4 is 0 Å². The molecule has 0 aliphatic carbocycles. The first-order chi connectivity index (χ1) is 14.0. The number of nitrogens with zero attached hydrogens (tertiary/aromatic N) is 3. The van der Waals surface area contributed by atoms with Crippen LogP contribution in [0.15, 0.2) is 71.9 Å². The van der Waals surface area contributed by atoms with Gasteiger partial charge in [0, 0.05) is 17.0 Å². The van der Waals surface area contributed by atoms with Crippen LogP contribution >= 0.6 is 11.8 Å². The topological polar surface area (TPSA) is 30.7 Å². The summed E-state index contributed by atoms with van der Waals surface area (Å²) in [6, 6.07) is 18.7. The van der Waals surface area contributed by atoms with Gasteiger partial charge in [-0.2, -0.15) is 0 Å². The third-order valence-corrected chi connectivity index (χ3v) is 5.66. The zero-order valence-corrected chi connectivity index (χ0v) is 16.9. The summed E-state index contributed by atoms with van der Waals surface area (Å²) in [5.41, 5.74) is 5.14. The number of rotatable bonds is 5. The molecule has 1 aromatic heterocycles. The molecule has 3 aromatic carbocycles. The van der Waals surface area contributed by atoms with E-state index in [1.807, 2.05) is 4.57 Å². The van der Waals surface area contributed by atoms with Crippen LogP contribution in [0.4, 0.5) is 8.78 Å². The second-order valence-corrected chi connectivity index (χ2v) is 7.79. The summed E-state index contributed by atoms with van der Waals surface area (Å²) in [7, 11) is 0. The fourth-order valence-electron chi connectivity index (χ4n) is 3.07. The predicted molar refractivity (Wildman–Crippen MR) is 112 cm³/mol. The van der Waals surface area contributed by atoms with Gasteiger partial charge in [-0.3, -0.25) is 4.57 Å². The van der Waals surface area contributed by atoms with Gasteiger partial charge in [0.25, 0.3) is 0 Å². The highest BCUT2D eigenvalue weighted by Gasteiger charge is 2.17. The molecular weight excluding hydrogens is 388 g/mol. The van der Waals surface area contributed by atoms with E-state index in [2.05, 4.69) is 42.2 Å². The highest BCUT2D eigenvalue weighted by molar-refractivity contribution is 7.98. The number of thioether (sulfide) groups is 1. The van der Waals surface area contributed by atoms with Crippen molar-refractivity contribution in [3.63, 3.8) is 0 Å². The molecule has 3 nitrogen and oxygen atoms in total. The molecule has 1 heterocycles. The lowest BCUT2D eigenvalue weighted by Gasteiger charge is -2.11. The zero-order valence-electron chi connectivity index (χ0n) is 16.1. The van der Waals surface area contributed by atoms with Crippen molar-refractivity contribution in [2.24, 2.45) is 0 Å². The van der Waals surface area contributed by atoms with E-state index in [0.717, 1.165) is 17.0 Å². The van der Waals surface area contributed by atoms with E-state index in [0.29, 0.717) is 11.0 Å². The monoisotopic (exact) mass is 407 g/mol. The van der Waals surface area contributed by atoms with Gasteiger partial charge in [-0.1, -0.05) is 35.5 Å². The van der Waals surface area contributed by atoms with Gasteiger partial charge in [-0.05, 0) is 73.5 Å². The summed E-state index contributed by atoms with van der Waals surface area (Å²) in [4.78, 5) is 0. The molecule has 0 fully saturated rings. The van der Waals surface area contributed by atoms with E-state index in [1.165, 1.54) is 41.0 Å². The van der Waals surface area contributed by atoms with E-state index in [4.69, 9.17) is 0 Å². The van der Waals surface area contributed by atoms with E-state index >= 15 is 0 Å². The Hall–Kier alpha value is -2.99. The molecule has 0 spiro atoms. The van der Waals surface area contributed by atoms with Gasteiger partial charge >= 0.3 is 0 Å². The molecule has 0 aliphatic rings. The molecule has 0 saturated carbocycles. The Morgan fingerprint density at radius 2 is 1.48 bits per heavy atom. The van der Waals surface area contributed by atoms with Gasteiger partial charge in [-0.15, -0.1) is 10.2 Å². The Morgan fingerprint density at radius 3 is 2.17 bits per heavy atom. The Bertz CT molecular complexity index is 1140. The van der Waals surface area contributed by atoms with Crippen LogP contribution in [0.25, 0.3) is 17.1 Å². The Kier molecular flexibility index (Phi) is 5.45. The van der Waals surface area contributed by atoms with E-state index in [-0.39, 0.29) is 11.6 Å². The molecule has 4 aromatic rings. The normalized spacial score (nSPS) is 11.0. The summed E-state index contributed by atoms with van der Waals surface area (Å²) in [5.74, 6) is 0.692. The minimum Gasteiger partial charge on any atom is -0.270 e. The highest BCUT2D eigenvalue weighted by Crippen LogP contribution is 2.30. The summed E-state index contributed by atoms with van der Waals surface area (Å²) in [6.07, 6.45) is 0. The maximum atomic E-state index is 13.5. The van der Waals surface area contributed by atoms with Crippen molar-refractivity contribution in [3.05, 3.63) is 95.1 Å². The number of halogens is 2. The smallest absolute Gasteiger partial charge is 0.196 e. The predicted octanol–water partition coefficient (Wildman–Crippen LogP) is 6.12. The number of hydrogen-bond donors (Lipinski definition) is 0. The average Bonchev–Trinajstić information content (AvgIpc) is 3.14. The SMILES string of the molecule is Cc1ccc(C)c(CSc2nnc(-c3ccc(F)cc3)n2-c2ccc(F)cc2)c1. The molecule has 0 aliphatic heterocycles. The zero-order chi connectivity index (χ0) is 20.4. The lowest BCUT2D eigenvalue weighted by Crippen LogP contribution is -2.00. The van der Waals surface area contributed by atoms with Gasteiger partial charge in [0.1, 0.15) is 11.6 Å². The Morgan fingerprint density at radius 1 is 0.828 bits per heavy atom. The summed E-state index contributed by atoms with van der Waals surface area (Å²) < 4.78 is 28.7. The van der Waals surface area contributed by atoms with Gasteiger partial charge in [0.2, 0.25) is 0 Å². The Balaban J connectivity index is 1.74. The van der Waals surface area contributed by atoms with Crippen LogP contribution in [0.3, 0.4) is 0 Å². The van der Waals surface area contributed by atoms with Crippen molar-refractivity contribution < 1.29 is 8.78 Å². The van der Waals surface area contributed by atoms with E-state index in [1.54, 1.807) is 36.0 Å². The number of hydrogen-bond acceptors (Lipinski definition) is 3. The maximum absolute atomic E-state index is 13.5. The second-order valence-electron chi connectivity index (χ2n) is 6.84. The summed E-state index contributed by atoms with van der Waals surface area (Å²) in [5, 5.41) is 9.40. The number of benzene rings is 3. The average molecular weight is 407 g/mol. The Labute approximate surface area is 172 Å². The standard InChI is InChI=1S/C23H19F2N3S/c1-15-3-4-16(2)18(13-15)14-29-23-27-26-22(17-5-7-19(24)8-6-17)28(23)21-11-9-20(25)10-12-21/h3-13H,14H2,1-2H3. The highest BCUT2D eigenvalue weighted by atomic mass is 32.2. The van der Waals surface area contributed by atoms with Gasteiger partial charge in [-0.25, -0.2) is 8.78 Å². The van der Waals surface area contributed by atoms with Crippen LogP contribution in [-0.4, -0.2) is 14.8 Å². The number of aromatic nitrogens is 3. The molecule has 0 saturated heterocycles. The fraction of sp³-hybridized carbons (Fsp3) is 0.130. The van der Waals surface area contributed by atoms with Crippen molar-refractivity contribution in [1.82, 2.24) is 14.8 Å². The van der Waals surface area contributed by atoms with Crippen molar-refractivity contribution in [3.8, 4) is 17.1 Å². The van der Waals surface area contributed by atoms with Gasteiger partial charge < -0.3 is 0 Å². The molecule has 0 unspecified atom stereocenters. The molecule has 6 heteroatoms. The first kappa shape index (κ1) is 19.3. The van der Waals surface area contributed by atoms with Crippen molar-refractivity contribution in [2.45, 2.75) is 24.8 Å². The molecule has 0 bridgehead atoms. The van der Waals surface area contributed by atoms with Crippen molar-refractivity contribution in [1.29, 1.82) is 0 Å². The third kappa shape index (κ3) is 4.22. The molecule has 0 radical (unpaired) electrons. The molecule has 0 amide bonds. The maximum Gasteiger partial charge on any atom is 0.196 e. The molecule has 29 heavy (non-hydrogen) atoms. The minimum atomic E-state index is -0.314. The van der Waals surface area contributed by atoms with E-state index < -0.39 is 0 Å². The molecule has 4 rings (SSSR count). The largest absolute Gasteiger partial charge is 0.270 e. The first-order valence-corrected chi connectivity index (χ1v) is 10.2. The van der Waals surface area contributed by atoms with Crippen LogP contribution in [0.1, 0.15) is 16.7 Å². The van der Waals surface area contributed by atoms with E-state index in [9.17, 15) is 8.78 Å². The molecule has 146 valence electrons. The lowest BCUT2D eigenvalue weighted by molar-refractivity contribution is 0.626. The molecule has 0 N–H and O–H groups in total. The van der Waals surface area contributed by atoms with Gasteiger partial charge in [0.15, 0.2) is 11.0 Å². The van der Waals surface area contributed by atoms with Crippen LogP contribution in [0, 0.1) is 25.5 Å². The van der Waals surface area contributed by atoms with Gasteiger partial charge in [0.05, 0.1) is 0 Å². The van der Waals surface area contributed by atoms with Crippen LogP contribution in [0.2, 0.25) is 0 Å². The fourth-order valence-corrected chi connectivity index (χ4v) is 4.09. The minimum absolute atomic E-state index is 0.310. The molecule has 0 atom stereocenters. The summed E-state index contributed by atoms with van der Waals surface area (Å²) >= 11 is 1.56. The second kappa shape index (κ2) is 8.17. The molecular formula is C23H19F2N3S. The first-order valence-electron chi connectivity index (χ1n) is 9.17. The van der Waals surface area contributed by atoms with Crippen LogP contribution in [-0.2, 0) is 5.75 Å². The number of aryl methyl sites for hydroxylation is 2.